The van der Waals surface area contributed by atoms with Crippen molar-refractivity contribution in [2.24, 2.45) is 4.99 Å². The zero-order chi connectivity index (χ0) is 21.0. The molecule has 8 heteroatoms. The van der Waals surface area contributed by atoms with Crippen LogP contribution in [0.5, 0.6) is 5.75 Å². The number of thioether (sulfide) groups is 1. The summed E-state index contributed by atoms with van der Waals surface area (Å²) in [4.78, 5) is 22.4. The van der Waals surface area contributed by atoms with Gasteiger partial charge in [-0.1, -0.05) is 42.9 Å². The van der Waals surface area contributed by atoms with Crippen LogP contribution in [0.2, 0.25) is 5.02 Å². The van der Waals surface area contributed by atoms with Crippen LogP contribution in [-0.2, 0) is 0 Å². The van der Waals surface area contributed by atoms with Crippen LogP contribution < -0.4 is 15.6 Å². The van der Waals surface area contributed by atoms with Crippen LogP contribution in [0.25, 0.3) is 11.3 Å². The molecule has 0 saturated heterocycles. The van der Waals surface area contributed by atoms with Crippen molar-refractivity contribution in [3.8, 4) is 11.4 Å². The summed E-state index contributed by atoms with van der Waals surface area (Å²) in [7, 11) is 1.54. The second-order valence-corrected chi connectivity index (χ2v) is 7.94. The quantitative estimate of drug-likeness (QED) is 0.708. The van der Waals surface area contributed by atoms with Crippen LogP contribution in [0.3, 0.4) is 0 Å². The average Bonchev–Trinajstić information content (AvgIpc) is 3.04. The molecule has 0 saturated carbocycles. The van der Waals surface area contributed by atoms with Crippen LogP contribution in [0.1, 0.15) is 26.0 Å². The fourth-order valence-corrected chi connectivity index (χ4v) is 3.92. The lowest BCUT2D eigenvalue weighted by molar-refractivity contribution is 0.415. The molecule has 1 aromatic carbocycles. The lowest BCUT2D eigenvalue weighted by atomic mass is 10.2. The van der Waals surface area contributed by atoms with Gasteiger partial charge in [0.25, 0.3) is 5.56 Å². The van der Waals surface area contributed by atoms with Gasteiger partial charge in [0.2, 0.25) is 0 Å². The molecule has 1 atom stereocenters. The number of aromatic nitrogens is 2. The van der Waals surface area contributed by atoms with E-state index >= 15 is 0 Å². The summed E-state index contributed by atoms with van der Waals surface area (Å²) >= 11 is 7.48. The minimum absolute atomic E-state index is 0.185. The van der Waals surface area contributed by atoms with Gasteiger partial charge in [0.05, 0.1) is 23.5 Å². The number of hydrogen-bond donors (Lipinski definition) is 1. The number of rotatable bonds is 7. The van der Waals surface area contributed by atoms with Gasteiger partial charge in [-0.2, -0.15) is 0 Å². The lowest BCUT2D eigenvalue weighted by Crippen LogP contribution is -2.24. The molecular formula is C21H23ClN4O2S. The number of nitrogens with one attached hydrogen (secondary N) is 1. The van der Waals surface area contributed by atoms with Crippen molar-refractivity contribution in [1.82, 2.24) is 14.9 Å². The Morgan fingerprint density at radius 1 is 1.48 bits per heavy atom. The first kappa shape index (κ1) is 21.4. The van der Waals surface area contributed by atoms with E-state index in [4.69, 9.17) is 16.3 Å². The van der Waals surface area contributed by atoms with E-state index in [2.05, 4.69) is 35.7 Å². The summed E-state index contributed by atoms with van der Waals surface area (Å²) in [5, 5.41) is 4.46. The molecule has 1 aromatic heterocycles. The molecule has 2 aromatic rings. The third-order valence-electron chi connectivity index (χ3n) is 4.58. The summed E-state index contributed by atoms with van der Waals surface area (Å²) in [6, 6.07) is 5.61. The highest BCUT2D eigenvalue weighted by molar-refractivity contribution is 8.15. The van der Waals surface area contributed by atoms with Gasteiger partial charge in [-0.05, 0) is 31.5 Å². The highest BCUT2D eigenvalue weighted by atomic mass is 35.5. The molecule has 1 N–H and O–H groups in total. The minimum Gasteiger partial charge on any atom is -0.495 e. The summed E-state index contributed by atoms with van der Waals surface area (Å²) in [5.41, 5.74) is 1.65. The molecule has 6 nitrogen and oxygen atoms in total. The van der Waals surface area contributed by atoms with E-state index in [0.29, 0.717) is 43.7 Å². The van der Waals surface area contributed by atoms with Crippen molar-refractivity contribution in [2.45, 2.75) is 31.2 Å². The SMILES string of the molecule is C=C1C(=N/C=C\CNC(C)CC)Sc2c1ncn(-c1ccc(OC)c(Cl)c1)c2=O. The zero-order valence-corrected chi connectivity index (χ0v) is 18.2. The van der Waals surface area contributed by atoms with Gasteiger partial charge >= 0.3 is 0 Å². The maximum Gasteiger partial charge on any atom is 0.272 e. The largest absolute Gasteiger partial charge is 0.495 e. The topological polar surface area (TPSA) is 68.5 Å². The third-order valence-corrected chi connectivity index (χ3v) is 5.99. The third kappa shape index (κ3) is 4.63. The molecule has 0 aliphatic carbocycles. The Labute approximate surface area is 179 Å². The number of methoxy groups -OCH3 is 1. The van der Waals surface area contributed by atoms with Crippen molar-refractivity contribution in [1.29, 1.82) is 0 Å². The Morgan fingerprint density at radius 2 is 2.28 bits per heavy atom. The first-order chi connectivity index (χ1) is 14.0. The van der Waals surface area contributed by atoms with Crippen molar-refractivity contribution in [2.75, 3.05) is 13.7 Å². The normalized spacial score (nSPS) is 15.9. The van der Waals surface area contributed by atoms with Gasteiger partial charge in [-0.15, -0.1) is 0 Å². The van der Waals surface area contributed by atoms with Gasteiger partial charge in [0.15, 0.2) is 0 Å². The number of nitrogens with zero attached hydrogens (tertiary/aromatic N) is 3. The molecule has 0 spiro atoms. The highest BCUT2D eigenvalue weighted by Crippen LogP contribution is 2.37. The summed E-state index contributed by atoms with van der Waals surface area (Å²) in [6.45, 7) is 9.06. The Balaban J connectivity index is 1.83. The molecular weight excluding hydrogens is 408 g/mol. The van der Waals surface area contributed by atoms with Crippen LogP contribution in [0, 0.1) is 0 Å². The zero-order valence-electron chi connectivity index (χ0n) is 16.6. The Hall–Kier alpha value is -2.35. The van der Waals surface area contributed by atoms with Gasteiger partial charge in [0.1, 0.15) is 22.0 Å². The van der Waals surface area contributed by atoms with E-state index in [1.807, 2.05) is 6.08 Å². The monoisotopic (exact) mass is 430 g/mol. The summed E-state index contributed by atoms with van der Waals surface area (Å²) in [5.74, 6) is 0.546. The molecule has 29 heavy (non-hydrogen) atoms. The molecule has 2 heterocycles. The van der Waals surface area contributed by atoms with E-state index in [0.717, 1.165) is 13.0 Å². The van der Waals surface area contributed by atoms with E-state index in [-0.39, 0.29) is 5.56 Å². The van der Waals surface area contributed by atoms with Crippen LogP contribution in [0.15, 0.2) is 58.1 Å². The van der Waals surface area contributed by atoms with E-state index in [1.165, 1.54) is 22.7 Å². The number of halogens is 1. The number of aliphatic imine (C=N–C) groups is 1. The molecule has 0 radical (unpaired) electrons. The molecule has 0 amide bonds. The second kappa shape index (κ2) is 9.43. The maximum atomic E-state index is 13.0. The van der Waals surface area contributed by atoms with Gasteiger partial charge in [-0.3, -0.25) is 9.36 Å². The predicted molar refractivity (Wildman–Crippen MR) is 121 cm³/mol. The first-order valence-electron chi connectivity index (χ1n) is 9.25. The standard InChI is InChI=1S/C21H23ClN4O2S/c1-5-13(2)23-9-6-10-24-20-14(3)18-19(29-20)21(27)26(12-25-18)15-7-8-17(28-4)16(22)11-15/h6-8,10-13,23H,3,5,9H2,1-2,4H3/b10-6-,24-20?. The van der Waals surface area contributed by atoms with Gasteiger partial charge < -0.3 is 10.1 Å². The van der Waals surface area contributed by atoms with Gasteiger partial charge in [0, 0.05) is 24.4 Å². The van der Waals surface area contributed by atoms with Crippen molar-refractivity contribution >= 4 is 34.0 Å². The molecule has 3 rings (SSSR count). The number of ether oxygens (including phenoxy) is 1. The number of benzene rings is 1. The minimum atomic E-state index is -0.185. The van der Waals surface area contributed by atoms with Gasteiger partial charge in [-0.25, -0.2) is 9.98 Å². The lowest BCUT2D eigenvalue weighted by Gasteiger charge is -2.09. The Bertz CT molecular complexity index is 1050. The Kier molecular flexibility index (Phi) is 6.95. The van der Waals surface area contributed by atoms with Crippen molar-refractivity contribution < 1.29 is 4.74 Å². The van der Waals surface area contributed by atoms with E-state index < -0.39 is 0 Å². The second-order valence-electron chi connectivity index (χ2n) is 6.53. The van der Waals surface area contributed by atoms with Crippen molar-refractivity contribution in [3.63, 3.8) is 0 Å². The fourth-order valence-electron chi connectivity index (χ4n) is 2.68. The summed E-state index contributed by atoms with van der Waals surface area (Å²) in [6.07, 6.45) is 6.24. The van der Waals surface area contributed by atoms with E-state index in [1.54, 1.807) is 31.5 Å². The van der Waals surface area contributed by atoms with E-state index in [9.17, 15) is 4.79 Å². The molecule has 0 bridgehead atoms. The smallest absolute Gasteiger partial charge is 0.272 e. The van der Waals surface area contributed by atoms with Crippen LogP contribution in [0.4, 0.5) is 0 Å². The fraction of sp³-hybridized carbons (Fsp3) is 0.286. The molecule has 152 valence electrons. The molecule has 1 unspecified atom stereocenters. The molecule has 1 aliphatic rings. The van der Waals surface area contributed by atoms with Crippen LogP contribution >= 0.6 is 23.4 Å². The average molecular weight is 431 g/mol. The predicted octanol–water partition coefficient (Wildman–Crippen LogP) is 4.31. The molecule has 0 fully saturated rings. The Morgan fingerprint density at radius 3 is 2.97 bits per heavy atom. The summed E-state index contributed by atoms with van der Waals surface area (Å²) < 4.78 is 6.62. The number of hydrogen-bond acceptors (Lipinski definition) is 6. The molecule has 1 aliphatic heterocycles. The first-order valence-corrected chi connectivity index (χ1v) is 10.4. The van der Waals surface area contributed by atoms with Crippen LogP contribution in [-0.4, -0.2) is 34.3 Å². The highest BCUT2D eigenvalue weighted by Gasteiger charge is 2.27. The number of fused-ring (bicyclic) bond motifs is 1. The van der Waals surface area contributed by atoms with Crippen molar-refractivity contribution in [3.05, 3.63) is 64.5 Å². The maximum absolute atomic E-state index is 13.0.